The van der Waals surface area contributed by atoms with Crippen molar-refractivity contribution in [2.75, 3.05) is 118 Å². The van der Waals surface area contributed by atoms with Crippen LogP contribution in [0.1, 0.15) is 66.2 Å². The first kappa shape index (κ1) is 49.1. The number of hydrogen-bond acceptors (Lipinski definition) is 11. The fourth-order valence-electron chi connectivity index (χ4n) is 5.24. The van der Waals surface area contributed by atoms with Gasteiger partial charge in [-0.25, -0.2) is 0 Å². The average Bonchev–Trinajstić information content (AvgIpc) is 3.08. The van der Waals surface area contributed by atoms with Crippen molar-refractivity contribution >= 4 is 41.4 Å². The van der Waals surface area contributed by atoms with Crippen molar-refractivity contribution in [3.63, 3.8) is 0 Å². The molecule has 0 aliphatic rings. The van der Waals surface area contributed by atoms with Crippen molar-refractivity contribution in [2.24, 2.45) is 0 Å². The summed E-state index contributed by atoms with van der Waals surface area (Å²) in [4.78, 5) is 89.0. The fourth-order valence-corrected chi connectivity index (χ4v) is 5.24. The smallest absolute Gasteiger partial charge is 0.234 e. The molecular weight excluding hydrogens is 686 g/mol. The Labute approximate surface area is 316 Å². The lowest BCUT2D eigenvalue weighted by molar-refractivity contribution is -0.123. The van der Waals surface area contributed by atoms with Crippen LogP contribution in [0.4, 0.5) is 0 Å². The van der Waals surface area contributed by atoms with Gasteiger partial charge in [-0.15, -0.1) is 0 Å². The highest BCUT2D eigenvalue weighted by Crippen LogP contribution is 1.98. The van der Waals surface area contributed by atoms with Gasteiger partial charge in [0.2, 0.25) is 41.4 Å². The quantitative estimate of drug-likeness (QED) is 0.0323. The van der Waals surface area contributed by atoms with Crippen LogP contribution in [-0.2, 0) is 33.6 Å². The van der Waals surface area contributed by atoms with Crippen molar-refractivity contribution in [1.82, 2.24) is 57.2 Å². The number of rotatable bonds is 33. The van der Waals surface area contributed by atoms with E-state index in [0.29, 0.717) is 130 Å². The van der Waals surface area contributed by atoms with Crippen LogP contribution in [0, 0.1) is 0 Å². The van der Waals surface area contributed by atoms with Gasteiger partial charge in [0.15, 0.2) is 0 Å². The number of carbonyl (C=O) groups is 7. The predicted molar refractivity (Wildman–Crippen MR) is 205 cm³/mol. The minimum atomic E-state index is -0.123. The van der Waals surface area contributed by atoms with Crippen molar-refractivity contribution < 1.29 is 33.6 Å². The van der Waals surface area contributed by atoms with E-state index in [1.165, 1.54) is 27.7 Å². The van der Waals surface area contributed by atoms with E-state index in [-0.39, 0.29) is 61.0 Å². The third-order valence-electron chi connectivity index (χ3n) is 7.85. The van der Waals surface area contributed by atoms with E-state index in [1.807, 2.05) is 21.7 Å². The minimum absolute atomic E-state index is 0.100. The normalized spacial score (nSPS) is 10.9. The highest BCUT2D eigenvalue weighted by molar-refractivity contribution is 5.79. The van der Waals surface area contributed by atoms with Gasteiger partial charge in [-0.3, -0.25) is 48.3 Å². The summed E-state index contributed by atoms with van der Waals surface area (Å²) in [6.45, 7) is 14.1. The standard InChI is InChI=1S/C35H69N11O7/c1-29(47)37-12-6-20-44(21-7-13-38-30(2)48)26-33(51)41-16-10-24-46(28-35(53)43-19-18-36-5)25-11-17-42-34(52)27-45(22-8-14-39-31(3)49)23-9-15-40-32(4)50/h36H,6-28H2,1-5H3,(H,37,47)(H,38,48)(H,39,49)(H,40,50)(H,41,51)(H,42,52)(H,43,53). The van der Waals surface area contributed by atoms with Crippen LogP contribution in [0.25, 0.3) is 0 Å². The highest BCUT2D eigenvalue weighted by Gasteiger charge is 2.14. The molecule has 0 aliphatic heterocycles. The topological polar surface area (TPSA) is 225 Å². The van der Waals surface area contributed by atoms with E-state index < -0.39 is 0 Å². The Morgan fingerprint density at radius 1 is 0.340 bits per heavy atom. The number of nitrogens with one attached hydrogen (secondary N) is 8. The lowest BCUT2D eigenvalue weighted by Gasteiger charge is -2.24. The molecule has 0 fully saturated rings. The molecule has 306 valence electrons. The Morgan fingerprint density at radius 2 is 0.566 bits per heavy atom. The molecule has 0 atom stereocenters. The lowest BCUT2D eigenvalue weighted by Crippen LogP contribution is -2.43. The number of carbonyl (C=O) groups excluding carboxylic acids is 7. The Kier molecular flexibility index (Phi) is 30.4. The largest absolute Gasteiger partial charge is 0.356 e. The van der Waals surface area contributed by atoms with E-state index in [0.717, 1.165) is 0 Å². The predicted octanol–water partition coefficient (Wildman–Crippen LogP) is -2.65. The molecular formula is C35H69N11O7. The molecule has 0 radical (unpaired) electrons. The van der Waals surface area contributed by atoms with E-state index >= 15 is 0 Å². The zero-order chi connectivity index (χ0) is 39.7. The molecule has 0 aromatic carbocycles. The van der Waals surface area contributed by atoms with E-state index in [9.17, 15) is 33.6 Å². The molecule has 0 bridgehead atoms. The average molecular weight is 756 g/mol. The molecule has 0 heterocycles. The van der Waals surface area contributed by atoms with Gasteiger partial charge in [0.1, 0.15) is 0 Å². The second kappa shape index (κ2) is 32.8. The molecule has 53 heavy (non-hydrogen) atoms. The van der Waals surface area contributed by atoms with Gasteiger partial charge >= 0.3 is 0 Å². The number of nitrogens with zero attached hydrogens (tertiary/aromatic N) is 3. The van der Waals surface area contributed by atoms with Gasteiger partial charge in [-0.05, 0) is 45.6 Å². The second-order valence-corrected chi connectivity index (χ2v) is 13.0. The van der Waals surface area contributed by atoms with E-state index in [1.54, 1.807) is 0 Å². The summed E-state index contributed by atoms with van der Waals surface area (Å²) >= 11 is 0. The van der Waals surface area contributed by atoms with Gasteiger partial charge in [0.25, 0.3) is 0 Å². The first-order valence-electron chi connectivity index (χ1n) is 18.9. The van der Waals surface area contributed by atoms with Crippen molar-refractivity contribution in [3.05, 3.63) is 0 Å². The zero-order valence-corrected chi connectivity index (χ0v) is 33.0. The molecule has 7 amide bonds. The summed E-state index contributed by atoms with van der Waals surface area (Å²) in [5.74, 6) is -0.749. The third kappa shape index (κ3) is 33.7. The first-order chi connectivity index (χ1) is 25.3. The molecule has 18 nitrogen and oxygen atoms in total. The minimum Gasteiger partial charge on any atom is -0.356 e. The van der Waals surface area contributed by atoms with Gasteiger partial charge in [0.05, 0.1) is 19.6 Å². The van der Waals surface area contributed by atoms with Gasteiger partial charge < -0.3 is 42.5 Å². The monoisotopic (exact) mass is 756 g/mol. The summed E-state index contributed by atoms with van der Waals surface area (Å²) < 4.78 is 0. The molecule has 0 spiro atoms. The molecule has 8 N–H and O–H groups in total. The van der Waals surface area contributed by atoms with Gasteiger partial charge in [0, 0.05) is 119 Å². The van der Waals surface area contributed by atoms with Crippen LogP contribution in [0.5, 0.6) is 0 Å². The molecule has 0 aliphatic carbocycles. The van der Waals surface area contributed by atoms with Crippen LogP contribution in [0.15, 0.2) is 0 Å². The van der Waals surface area contributed by atoms with Crippen LogP contribution in [0.2, 0.25) is 0 Å². The zero-order valence-electron chi connectivity index (χ0n) is 33.0. The summed E-state index contributed by atoms with van der Waals surface area (Å²) in [7, 11) is 1.81. The van der Waals surface area contributed by atoms with E-state index in [4.69, 9.17) is 0 Å². The lowest BCUT2D eigenvalue weighted by atomic mass is 10.3. The first-order valence-corrected chi connectivity index (χ1v) is 18.9. The highest BCUT2D eigenvalue weighted by atomic mass is 16.2. The van der Waals surface area contributed by atoms with Crippen LogP contribution in [-0.4, -0.2) is 174 Å². The van der Waals surface area contributed by atoms with Crippen molar-refractivity contribution in [2.45, 2.75) is 66.2 Å². The molecule has 0 rings (SSSR count). The maximum atomic E-state index is 12.8. The Balaban J connectivity index is 4.93. The summed E-state index contributed by atoms with van der Waals surface area (Å²) in [5, 5.41) is 22.9. The van der Waals surface area contributed by atoms with Crippen molar-refractivity contribution in [3.8, 4) is 0 Å². The third-order valence-corrected chi connectivity index (χ3v) is 7.85. The van der Waals surface area contributed by atoms with Crippen LogP contribution < -0.4 is 42.5 Å². The van der Waals surface area contributed by atoms with Crippen LogP contribution in [0.3, 0.4) is 0 Å². The number of likely N-dealkylation sites (N-methyl/N-ethyl adjacent to an activating group) is 1. The Hall–Kier alpha value is -3.87. The summed E-state index contributed by atoms with van der Waals surface area (Å²) in [6.07, 6.45) is 4.01. The molecule has 0 saturated heterocycles. The van der Waals surface area contributed by atoms with E-state index in [2.05, 4.69) is 42.5 Å². The Morgan fingerprint density at radius 3 is 0.792 bits per heavy atom. The number of hydrogen-bond donors (Lipinski definition) is 8. The maximum Gasteiger partial charge on any atom is 0.234 e. The van der Waals surface area contributed by atoms with Crippen LogP contribution >= 0.6 is 0 Å². The molecule has 18 heteroatoms. The number of amides is 7. The Bertz CT molecular complexity index is 967. The van der Waals surface area contributed by atoms with Crippen molar-refractivity contribution in [1.29, 1.82) is 0 Å². The fraction of sp³-hybridized carbons (Fsp3) is 0.800. The second-order valence-electron chi connectivity index (χ2n) is 13.0. The summed E-state index contributed by atoms with van der Waals surface area (Å²) in [6, 6.07) is 0. The molecule has 0 unspecified atom stereocenters. The van der Waals surface area contributed by atoms with Gasteiger partial charge in [-0.2, -0.15) is 0 Å². The molecule has 0 saturated carbocycles. The molecule has 0 aromatic rings. The summed E-state index contributed by atoms with van der Waals surface area (Å²) in [5.41, 5.74) is 0. The maximum absolute atomic E-state index is 12.8. The van der Waals surface area contributed by atoms with Gasteiger partial charge in [-0.1, -0.05) is 0 Å². The SMILES string of the molecule is CNCCNC(=O)CN(CCCNC(=O)CN(CCCNC(C)=O)CCCNC(C)=O)CCCNC(=O)CN(CCCNC(C)=O)CCCNC(C)=O. The molecule has 0 aromatic heterocycles.